The van der Waals surface area contributed by atoms with E-state index >= 15 is 0 Å². The number of fused-ring (bicyclic) bond motifs is 1. The molecule has 5 nitrogen and oxygen atoms in total. The van der Waals surface area contributed by atoms with Crippen molar-refractivity contribution in [3.63, 3.8) is 0 Å². The highest BCUT2D eigenvalue weighted by Crippen LogP contribution is 2.26. The van der Waals surface area contributed by atoms with Crippen LogP contribution in [0.4, 0.5) is 0 Å². The van der Waals surface area contributed by atoms with Gasteiger partial charge in [0.25, 0.3) is 0 Å². The molecule has 1 aromatic rings. The van der Waals surface area contributed by atoms with Crippen LogP contribution < -0.4 is 4.74 Å². The topological polar surface area (TPSA) is 39.5 Å². The fourth-order valence-corrected chi connectivity index (χ4v) is 2.52. The lowest BCUT2D eigenvalue weighted by Gasteiger charge is -2.44. The molecule has 20 heavy (non-hydrogen) atoms. The Kier molecular flexibility index (Phi) is 5.43. The molecule has 1 aromatic heterocycles. The van der Waals surface area contributed by atoms with Gasteiger partial charge in [-0.3, -0.25) is 4.90 Å². The van der Waals surface area contributed by atoms with Crippen LogP contribution in [0.5, 0.6) is 5.88 Å². The second-order valence-electron chi connectivity index (χ2n) is 5.49. The van der Waals surface area contributed by atoms with Crippen LogP contribution in [0.15, 0.2) is 6.20 Å². The fourth-order valence-electron chi connectivity index (χ4n) is 2.52. The summed E-state index contributed by atoms with van der Waals surface area (Å²) in [5, 5.41) is 4.39. The number of methoxy groups -OCH3 is 1. The van der Waals surface area contributed by atoms with Gasteiger partial charge in [-0.05, 0) is 6.42 Å². The molecule has 0 saturated carbocycles. The smallest absolute Gasteiger partial charge is 0.215 e. The molecular formula is C15H27N3O2. The molecule has 0 radical (unpaired) electrons. The summed E-state index contributed by atoms with van der Waals surface area (Å²) >= 11 is 0. The van der Waals surface area contributed by atoms with Crippen molar-refractivity contribution < 1.29 is 9.47 Å². The van der Waals surface area contributed by atoms with Crippen molar-refractivity contribution >= 4 is 0 Å². The zero-order valence-electron chi connectivity index (χ0n) is 13.1. The van der Waals surface area contributed by atoms with E-state index in [2.05, 4.69) is 30.8 Å². The van der Waals surface area contributed by atoms with Gasteiger partial charge < -0.3 is 9.47 Å². The third kappa shape index (κ3) is 3.15. The lowest BCUT2D eigenvalue weighted by Crippen LogP contribution is -2.59. The van der Waals surface area contributed by atoms with Gasteiger partial charge in [-0.15, -0.1) is 0 Å². The molecule has 2 aliphatic rings. The molecule has 0 spiro atoms. The predicted molar refractivity (Wildman–Crippen MR) is 79.2 cm³/mol. The first-order valence-electron chi connectivity index (χ1n) is 7.67. The van der Waals surface area contributed by atoms with Crippen LogP contribution in [0.3, 0.4) is 0 Å². The summed E-state index contributed by atoms with van der Waals surface area (Å²) in [6, 6.07) is 0.443. The Hall–Kier alpha value is -1.07. The zero-order chi connectivity index (χ0) is 14.5. The summed E-state index contributed by atoms with van der Waals surface area (Å²) in [5.74, 6) is 0.965. The highest BCUT2D eigenvalue weighted by molar-refractivity contribution is 5.25. The van der Waals surface area contributed by atoms with Crippen molar-refractivity contribution in [1.82, 2.24) is 14.7 Å². The molecule has 2 aliphatic heterocycles. The van der Waals surface area contributed by atoms with Crippen LogP contribution in [0.1, 0.15) is 32.8 Å². The van der Waals surface area contributed by atoms with Crippen LogP contribution in [-0.2, 0) is 17.7 Å². The molecule has 0 amide bonds. The number of hydrogen-bond donors (Lipinski definition) is 0. The van der Waals surface area contributed by atoms with Gasteiger partial charge in [-0.2, -0.15) is 5.10 Å². The number of aryl methyl sites for hydroxylation is 1. The number of ether oxygens (including phenoxy) is 2. The van der Waals surface area contributed by atoms with Crippen LogP contribution >= 0.6 is 0 Å². The first kappa shape index (κ1) is 15.3. The monoisotopic (exact) mass is 281 g/mol. The predicted octanol–water partition coefficient (Wildman–Crippen LogP) is 1.95. The van der Waals surface area contributed by atoms with Gasteiger partial charge in [0.05, 0.1) is 24.9 Å². The number of rotatable bonds is 3. The molecule has 0 N–H and O–H groups in total. The minimum absolute atomic E-state index is 0.403. The summed E-state index contributed by atoms with van der Waals surface area (Å²) in [6.07, 6.45) is 4.56. The van der Waals surface area contributed by atoms with Gasteiger partial charge in [-0.1, -0.05) is 27.2 Å². The zero-order valence-corrected chi connectivity index (χ0v) is 13.1. The Labute approximate surface area is 121 Å². The van der Waals surface area contributed by atoms with E-state index in [0.717, 1.165) is 38.5 Å². The SMILES string of the molecule is CCC.CCc1cnn2c1OCC(N1CC(OC)C1)C2. The molecular weight excluding hydrogens is 254 g/mol. The number of likely N-dealkylation sites (tertiary alicyclic amines) is 1. The maximum atomic E-state index is 5.84. The molecule has 3 heterocycles. The normalized spacial score (nSPS) is 22.3. The Morgan fingerprint density at radius 3 is 2.60 bits per heavy atom. The quantitative estimate of drug-likeness (QED) is 0.849. The second-order valence-corrected chi connectivity index (χ2v) is 5.49. The Bertz CT molecular complexity index is 413. The summed E-state index contributed by atoms with van der Waals surface area (Å²) < 4.78 is 13.1. The maximum Gasteiger partial charge on any atom is 0.215 e. The molecule has 3 rings (SSSR count). The summed E-state index contributed by atoms with van der Waals surface area (Å²) in [4.78, 5) is 2.41. The average molecular weight is 281 g/mol. The summed E-state index contributed by atoms with van der Waals surface area (Å²) in [7, 11) is 1.78. The molecule has 1 atom stereocenters. The standard InChI is InChI=1S/C12H19N3O2.C3H8/c1-3-9-4-13-15-5-10(8-17-12(9)15)14-6-11(7-14)16-2;1-3-2/h4,10-11H,3,5-8H2,1-2H3;3H2,1-2H3. The van der Waals surface area contributed by atoms with Crippen molar-refractivity contribution in [2.75, 3.05) is 26.8 Å². The van der Waals surface area contributed by atoms with Crippen molar-refractivity contribution in [2.24, 2.45) is 0 Å². The second kappa shape index (κ2) is 7.09. The number of hydrogen-bond acceptors (Lipinski definition) is 4. The third-order valence-corrected chi connectivity index (χ3v) is 3.77. The molecule has 1 saturated heterocycles. The fraction of sp³-hybridized carbons (Fsp3) is 0.800. The van der Waals surface area contributed by atoms with E-state index in [0.29, 0.717) is 12.1 Å². The molecule has 0 bridgehead atoms. The summed E-state index contributed by atoms with van der Waals surface area (Å²) in [6.45, 7) is 10.1. The minimum Gasteiger partial charge on any atom is -0.476 e. The number of aromatic nitrogens is 2. The van der Waals surface area contributed by atoms with E-state index < -0.39 is 0 Å². The van der Waals surface area contributed by atoms with Gasteiger partial charge >= 0.3 is 0 Å². The van der Waals surface area contributed by atoms with Crippen LogP contribution in [0.2, 0.25) is 0 Å². The molecule has 114 valence electrons. The molecule has 5 heteroatoms. The van der Waals surface area contributed by atoms with Gasteiger partial charge in [0.15, 0.2) is 0 Å². The Morgan fingerprint density at radius 2 is 2.00 bits per heavy atom. The molecule has 0 aromatic carbocycles. The van der Waals surface area contributed by atoms with Gasteiger partial charge in [0.1, 0.15) is 6.61 Å². The lowest BCUT2D eigenvalue weighted by atomic mass is 10.1. The number of nitrogens with zero attached hydrogens (tertiary/aromatic N) is 3. The molecule has 1 unspecified atom stereocenters. The summed E-state index contributed by atoms with van der Waals surface area (Å²) in [5.41, 5.74) is 1.21. The third-order valence-electron chi connectivity index (χ3n) is 3.77. The van der Waals surface area contributed by atoms with Crippen LogP contribution in [0.25, 0.3) is 0 Å². The maximum absolute atomic E-state index is 5.84. The van der Waals surface area contributed by atoms with Crippen LogP contribution in [0, 0.1) is 0 Å². The van der Waals surface area contributed by atoms with E-state index in [1.165, 1.54) is 12.0 Å². The van der Waals surface area contributed by atoms with Crippen molar-refractivity contribution in [3.8, 4) is 5.88 Å². The van der Waals surface area contributed by atoms with E-state index in [1.54, 1.807) is 7.11 Å². The van der Waals surface area contributed by atoms with E-state index in [1.807, 2.05) is 10.9 Å². The van der Waals surface area contributed by atoms with E-state index in [9.17, 15) is 0 Å². The van der Waals surface area contributed by atoms with E-state index in [-0.39, 0.29) is 0 Å². The van der Waals surface area contributed by atoms with Gasteiger partial charge in [0.2, 0.25) is 5.88 Å². The minimum atomic E-state index is 0.403. The lowest BCUT2D eigenvalue weighted by molar-refractivity contribution is -0.0684. The Morgan fingerprint density at radius 1 is 1.30 bits per heavy atom. The van der Waals surface area contributed by atoms with Crippen molar-refractivity contribution in [3.05, 3.63) is 11.8 Å². The Balaban J connectivity index is 0.000000452. The average Bonchev–Trinajstić information content (AvgIpc) is 2.81. The highest BCUT2D eigenvalue weighted by Gasteiger charge is 2.35. The highest BCUT2D eigenvalue weighted by atomic mass is 16.5. The largest absolute Gasteiger partial charge is 0.476 e. The van der Waals surface area contributed by atoms with Crippen molar-refractivity contribution in [2.45, 2.75) is 52.3 Å². The van der Waals surface area contributed by atoms with E-state index in [4.69, 9.17) is 9.47 Å². The molecule has 1 fully saturated rings. The first-order chi connectivity index (χ1) is 9.73. The first-order valence-corrected chi connectivity index (χ1v) is 7.67. The van der Waals surface area contributed by atoms with Gasteiger partial charge in [0, 0.05) is 25.8 Å². The van der Waals surface area contributed by atoms with Crippen LogP contribution in [-0.4, -0.2) is 53.6 Å². The van der Waals surface area contributed by atoms with Gasteiger partial charge in [-0.25, -0.2) is 4.68 Å². The molecule has 0 aliphatic carbocycles. The van der Waals surface area contributed by atoms with Crippen molar-refractivity contribution in [1.29, 1.82) is 0 Å².